The van der Waals surface area contributed by atoms with E-state index in [0.717, 1.165) is 22.7 Å². The van der Waals surface area contributed by atoms with Gasteiger partial charge in [0.05, 0.1) is 7.11 Å². The molecule has 1 aliphatic rings. The van der Waals surface area contributed by atoms with Gasteiger partial charge in [-0.25, -0.2) is 0 Å². The zero-order chi connectivity index (χ0) is 13.0. The SMILES string of the molecule is CCNC(CC1CCC1)c1cc(Br)ccc1OC. The van der Waals surface area contributed by atoms with E-state index in [2.05, 4.69) is 34.2 Å². The zero-order valence-electron chi connectivity index (χ0n) is 11.2. The minimum absolute atomic E-state index is 0.410. The number of methoxy groups -OCH3 is 1. The number of halogens is 1. The molecule has 1 aliphatic carbocycles. The van der Waals surface area contributed by atoms with Crippen molar-refractivity contribution in [1.29, 1.82) is 0 Å². The van der Waals surface area contributed by atoms with Crippen LogP contribution >= 0.6 is 15.9 Å². The van der Waals surface area contributed by atoms with Crippen molar-refractivity contribution in [2.24, 2.45) is 5.92 Å². The van der Waals surface area contributed by atoms with E-state index in [1.165, 1.54) is 31.2 Å². The van der Waals surface area contributed by atoms with Crippen molar-refractivity contribution in [3.63, 3.8) is 0 Å². The van der Waals surface area contributed by atoms with Crippen molar-refractivity contribution >= 4 is 15.9 Å². The van der Waals surface area contributed by atoms with Crippen LogP contribution in [-0.2, 0) is 0 Å². The molecule has 1 unspecified atom stereocenters. The predicted octanol–water partition coefficient (Wildman–Crippen LogP) is 4.30. The summed E-state index contributed by atoms with van der Waals surface area (Å²) in [7, 11) is 1.75. The molecule has 0 radical (unpaired) electrons. The van der Waals surface area contributed by atoms with Crippen LogP contribution in [0.5, 0.6) is 5.75 Å². The van der Waals surface area contributed by atoms with Gasteiger partial charge in [0, 0.05) is 16.1 Å². The van der Waals surface area contributed by atoms with Gasteiger partial charge < -0.3 is 10.1 Å². The second-order valence-electron chi connectivity index (χ2n) is 5.03. The molecule has 0 spiro atoms. The zero-order valence-corrected chi connectivity index (χ0v) is 12.8. The maximum Gasteiger partial charge on any atom is 0.123 e. The number of hydrogen-bond donors (Lipinski definition) is 1. The van der Waals surface area contributed by atoms with E-state index in [1.807, 2.05) is 12.1 Å². The van der Waals surface area contributed by atoms with Crippen molar-refractivity contribution in [1.82, 2.24) is 5.32 Å². The molecular weight excluding hydrogens is 290 g/mol. The minimum atomic E-state index is 0.410. The molecule has 1 saturated carbocycles. The molecule has 1 aromatic carbocycles. The molecule has 2 rings (SSSR count). The molecule has 1 fully saturated rings. The van der Waals surface area contributed by atoms with Crippen LogP contribution in [-0.4, -0.2) is 13.7 Å². The molecule has 3 heteroatoms. The molecule has 2 nitrogen and oxygen atoms in total. The normalized spacial score (nSPS) is 17.3. The number of nitrogens with one attached hydrogen (secondary N) is 1. The highest BCUT2D eigenvalue weighted by Gasteiger charge is 2.24. The van der Waals surface area contributed by atoms with Gasteiger partial charge in [-0.3, -0.25) is 0 Å². The molecule has 0 aliphatic heterocycles. The first-order valence-corrected chi connectivity index (χ1v) is 7.60. The van der Waals surface area contributed by atoms with E-state index >= 15 is 0 Å². The molecule has 0 saturated heterocycles. The van der Waals surface area contributed by atoms with Gasteiger partial charge in [0.15, 0.2) is 0 Å². The average molecular weight is 312 g/mol. The van der Waals surface area contributed by atoms with E-state index in [9.17, 15) is 0 Å². The van der Waals surface area contributed by atoms with Crippen molar-refractivity contribution in [3.8, 4) is 5.75 Å². The molecule has 0 amide bonds. The van der Waals surface area contributed by atoms with E-state index in [-0.39, 0.29) is 0 Å². The Balaban J connectivity index is 2.19. The maximum absolute atomic E-state index is 5.50. The topological polar surface area (TPSA) is 21.3 Å². The van der Waals surface area contributed by atoms with Crippen LogP contribution in [0.2, 0.25) is 0 Å². The summed E-state index contributed by atoms with van der Waals surface area (Å²) in [6.07, 6.45) is 5.40. The Labute approximate surface area is 118 Å². The summed E-state index contributed by atoms with van der Waals surface area (Å²) in [6, 6.07) is 6.68. The number of ether oxygens (including phenoxy) is 1. The molecule has 0 bridgehead atoms. The van der Waals surface area contributed by atoms with E-state index in [0.29, 0.717) is 6.04 Å². The monoisotopic (exact) mass is 311 g/mol. The van der Waals surface area contributed by atoms with Crippen LogP contribution in [0.3, 0.4) is 0 Å². The van der Waals surface area contributed by atoms with Gasteiger partial charge in [0.1, 0.15) is 5.75 Å². The third kappa shape index (κ3) is 3.27. The Morgan fingerprint density at radius 1 is 1.44 bits per heavy atom. The predicted molar refractivity (Wildman–Crippen MR) is 79.1 cm³/mol. The van der Waals surface area contributed by atoms with Gasteiger partial charge in [0.25, 0.3) is 0 Å². The highest BCUT2D eigenvalue weighted by atomic mass is 79.9. The fourth-order valence-corrected chi connectivity index (χ4v) is 2.98. The second-order valence-corrected chi connectivity index (χ2v) is 5.94. The third-order valence-corrected chi connectivity index (χ3v) is 4.30. The van der Waals surface area contributed by atoms with Crippen molar-refractivity contribution < 1.29 is 4.74 Å². The smallest absolute Gasteiger partial charge is 0.123 e. The Bertz CT molecular complexity index is 390. The molecule has 1 atom stereocenters. The van der Waals surface area contributed by atoms with Crippen molar-refractivity contribution in [3.05, 3.63) is 28.2 Å². The van der Waals surface area contributed by atoms with Crippen molar-refractivity contribution in [2.45, 2.75) is 38.6 Å². The van der Waals surface area contributed by atoms with E-state index in [1.54, 1.807) is 7.11 Å². The van der Waals surface area contributed by atoms with Crippen LogP contribution in [0.15, 0.2) is 22.7 Å². The molecule has 0 aromatic heterocycles. The Morgan fingerprint density at radius 2 is 2.22 bits per heavy atom. The van der Waals surface area contributed by atoms with Gasteiger partial charge in [-0.2, -0.15) is 0 Å². The lowest BCUT2D eigenvalue weighted by Gasteiger charge is -2.31. The molecule has 18 heavy (non-hydrogen) atoms. The van der Waals surface area contributed by atoms with Crippen LogP contribution < -0.4 is 10.1 Å². The maximum atomic E-state index is 5.50. The number of hydrogen-bond acceptors (Lipinski definition) is 2. The molecule has 0 heterocycles. The van der Waals surface area contributed by atoms with E-state index < -0.39 is 0 Å². The molecule has 1 aromatic rings. The lowest BCUT2D eigenvalue weighted by molar-refractivity contribution is 0.259. The summed E-state index contributed by atoms with van der Waals surface area (Å²) < 4.78 is 6.62. The summed E-state index contributed by atoms with van der Waals surface area (Å²) in [5.74, 6) is 1.88. The fourth-order valence-electron chi connectivity index (χ4n) is 2.61. The van der Waals surface area contributed by atoms with Crippen LogP contribution in [0.4, 0.5) is 0 Å². The summed E-state index contributed by atoms with van der Waals surface area (Å²) in [5, 5.41) is 3.60. The third-order valence-electron chi connectivity index (χ3n) is 3.81. The van der Waals surface area contributed by atoms with Crippen LogP contribution in [0.1, 0.15) is 44.2 Å². The number of rotatable bonds is 6. The molecule has 100 valence electrons. The molecular formula is C15H22BrNO. The Morgan fingerprint density at radius 3 is 2.78 bits per heavy atom. The van der Waals surface area contributed by atoms with Gasteiger partial charge >= 0.3 is 0 Å². The standard InChI is InChI=1S/C15H22BrNO/c1-3-17-14(9-11-5-4-6-11)13-10-12(16)7-8-15(13)18-2/h7-8,10-11,14,17H,3-6,9H2,1-2H3. The first-order valence-electron chi connectivity index (χ1n) is 6.81. The Kier molecular flexibility index (Phi) is 5.07. The number of benzene rings is 1. The lowest BCUT2D eigenvalue weighted by Crippen LogP contribution is -2.26. The first kappa shape index (κ1) is 13.9. The second kappa shape index (κ2) is 6.58. The summed E-state index contributed by atoms with van der Waals surface area (Å²) in [4.78, 5) is 0. The van der Waals surface area contributed by atoms with E-state index in [4.69, 9.17) is 4.74 Å². The van der Waals surface area contributed by atoms with Crippen LogP contribution in [0.25, 0.3) is 0 Å². The minimum Gasteiger partial charge on any atom is -0.496 e. The first-order chi connectivity index (χ1) is 8.74. The van der Waals surface area contributed by atoms with Crippen molar-refractivity contribution in [2.75, 3.05) is 13.7 Å². The summed E-state index contributed by atoms with van der Waals surface area (Å²) in [6.45, 7) is 3.16. The van der Waals surface area contributed by atoms with Gasteiger partial charge in [-0.1, -0.05) is 42.1 Å². The summed E-state index contributed by atoms with van der Waals surface area (Å²) in [5.41, 5.74) is 1.28. The average Bonchev–Trinajstić information content (AvgIpc) is 2.32. The largest absolute Gasteiger partial charge is 0.496 e. The lowest BCUT2D eigenvalue weighted by atomic mass is 9.79. The fraction of sp³-hybridized carbons (Fsp3) is 0.600. The van der Waals surface area contributed by atoms with Gasteiger partial charge in [-0.15, -0.1) is 0 Å². The highest BCUT2D eigenvalue weighted by Crippen LogP contribution is 2.38. The summed E-state index contributed by atoms with van der Waals surface area (Å²) >= 11 is 3.56. The van der Waals surface area contributed by atoms with Gasteiger partial charge in [-0.05, 0) is 37.1 Å². The Hall–Kier alpha value is -0.540. The quantitative estimate of drug-likeness (QED) is 0.845. The molecule has 1 N–H and O–H groups in total. The van der Waals surface area contributed by atoms with Crippen LogP contribution in [0, 0.1) is 5.92 Å². The highest BCUT2D eigenvalue weighted by molar-refractivity contribution is 9.10. The van der Waals surface area contributed by atoms with Gasteiger partial charge in [0.2, 0.25) is 0 Å².